The van der Waals surface area contributed by atoms with Crippen molar-refractivity contribution in [2.45, 2.75) is 50.9 Å². The van der Waals surface area contributed by atoms with E-state index in [1.54, 1.807) is 4.90 Å². The lowest BCUT2D eigenvalue weighted by Gasteiger charge is -2.36. The van der Waals surface area contributed by atoms with E-state index in [9.17, 15) is 18.0 Å². The molecule has 3 N–H and O–H groups in total. The Morgan fingerprint density at radius 3 is 2.52 bits per heavy atom. The SMILES string of the molecule is CCCC(N1CCC(NC(=O)c2cc(Cl)c(N)cc2OC)CC1)S(=O)(=O)OOC(C)=O. The first-order valence-electron chi connectivity index (χ1n) is 9.87. The number of carbonyl (C=O) groups is 2. The highest BCUT2D eigenvalue weighted by molar-refractivity contribution is 7.87. The fourth-order valence-corrected chi connectivity index (χ4v) is 4.95. The van der Waals surface area contributed by atoms with Gasteiger partial charge in [-0.05, 0) is 25.3 Å². The summed E-state index contributed by atoms with van der Waals surface area (Å²) in [5, 5.41) is 2.24. The summed E-state index contributed by atoms with van der Waals surface area (Å²) in [7, 11) is -2.69. The Labute approximate surface area is 187 Å². The quantitative estimate of drug-likeness (QED) is 0.311. The van der Waals surface area contributed by atoms with Gasteiger partial charge in [-0.15, -0.1) is 0 Å². The van der Waals surface area contributed by atoms with Gasteiger partial charge in [0.15, 0.2) is 0 Å². The fraction of sp³-hybridized carbons (Fsp3) is 0.579. The predicted octanol–water partition coefficient (Wildman–Crippen LogP) is 2.08. The van der Waals surface area contributed by atoms with Gasteiger partial charge in [-0.25, -0.2) is 4.79 Å². The van der Waals surface area contributed by atoms with Gasteiger partial charge >= 0.3 is 16.1 Å². The summed E-state index contributed by atoms with van der Waals surface area (Å²) in [6, 6.07) is 2.78. The Morgan fingerprint density at radius 1 is 1.32 bits per heavy atom. The van der Waals surface area contributed by atoms with E-state index in [4.69, 9.17) is 22.1 Å². The molecule has 1 atom stereocenters. The Bertz CT molecular complexity index is 902. The maximum atomic E-state index is 12.7. The number of benzene rings is 1. The molecular formula is C19H28ClN3O7S. The number of nitrogens with two attached hydrogens (primary N) is 1. The summed E-state index contributed by atoms with van der Waals surface area (Å²) in [5.74, 6) is -0.889. The Kier molecular flexibility index (Phi) is 8.92. The van der Waals surface area contributed by atoms with Gasteiger partial charge in [-0.3, -0.25) is 14.6 Å². The normalized spacial score (nSPS) is 16.5. The van der Waals surface area contributed by atoms with Crippen LogP contribution in [0.4, 0.5) is 5.69 Å². The van der Waals surface area contributed by atoms with Crippen molar-refractivity contribution < 1.29 is 32.0 Å². The molecule has 0 aromatic heterocycles. The molecule has 1 heterocycles. The number of nitrogen functional groups attached to an aromatic ring is 1. The monoisotopic (exact) mass is 477 g/mol. The molecule has 1 aliphatic rings. The number of nitrogens with one attached hydrogen (secondary N) is 1. The summed E-state index contributed by atoms with van der Waals surface area (Å²) < 4.78 is 34.6. The molecule has 1 aromatic rings. The Balaban J connectivity index is 2.02. The molecular weight excluding hydrogens is 450 g/mol. The largest absolute Gasteiger partial charge is 0.496 e. The lowest BCUT2D eigenvalue weighted by atomic mass is 10.0. The van der Waals surface area contributed by atoms with Gasteiger partial charge in [0.25, 0.3) is 5.91 Å². The molecule has 10 nitrogen and oxygen atoms in total. The maximum absolute atomic E-state index is 12.7. The highest BCUT2D eigenvalue weighted by Crippen LogP contribution is 2.29. The Hall–Kier alpha value is -2.08. The van der Waals surface area contributed by atoms with Crippen LogP contribution in [0, 0.1) is 0 Å². The first-order chi connectivity index (χ1) is 14.6. The molecule has 0 bridgehead atoms. The van der Waals surface area contributed by atoms with E-state index in [0.717, 1.165) is 6.92 Å². The third kappa shape index (κ3) is 6.70. The second-order valence-corrected chi connectivity index (χ2v) is 9.31. The molecule has 0 aliphatic carbocycles. The number of nitrogens with zero attached hydrogens (tertiary/aromatic N) is 1. The van der Waals surface area contributed by atoms with Crippen LogP contribution in [0.1, 0.15) is 49.9 Å². The van der Waals surface area contributed by atoms with E-state index in [1.807, 2.05) is 6.92 Å². The highest BCUT2D eigenvalue weighted by Gasteiger charge is 2.36. The third-order valence-corrected chi connectivity index (χ3v) is 6.74. The molecule has 31 heavy (non-hydrogen) atoms. The van der Waals surface area contributed by atoms with Gasteiger partial charge in [0, 0.05) is 32.1 Å². The minimum Gasteiger partial charge on any atom is -0.496 e. The summed E-state index contributed by atoms with van der Waals surface area (Å²) in [4.78, 5) is 29.6. The van der Waals surface area contributed by atoms with E-state index >= 15 is 0 Å². The number of anilines is 1. The number of hydrogen-bond acceptors (Lipinski definition) is 9. The second-order valence-electron chi connectivity index (χ2n) is 7.24. The van der Waals surface area contributed by atoms with E-state index in [2.05, 4.69) is 14.5 Å². The van der Waals surface area contributed by atoms with Crippen molar-refractivity contribution in [2.75, 3.05) is 25.9 Å². The van der Waals surface area contributed by atoms with Crippen molar-refractivity contribution in [3.63, 3.8) is 0 Å². The average molecular weight is 478 g/mol. The molecule has 1 aliphatic heterocycles. The van der Waals surface area contributed by atoms with Gasteiger partial charge in [0.1, 0.15) is 11.1 Å². The van der Waals surface area contributed by atoms with Crippen LogP contribution in [0.25, 0.3) is 0 Å². The zero-order chi connectivity index (χ0) is 23.2. The summed E-state index contributed by atoms with van der Waals surface area (Å²) >= 11 is 6.03. The summed E-state index contributed by atoms with van der Waals surface area (Å²) in [6.07, 6.45) is 1.98. The first kappa shape index (κ1) is 25.2. The number of ether oxygens (including phenoxy) is 1. The first-order valence-corrected chi connectivity index (χ1v) is 11.7. The molecule has 1 amide bonds. The van der Waals surface area contributed by atoms with E-state index in [0.29, 0.717) is 50.2 Å². The van der Waals surface area contributed by atoms with E-state index < -0.39 is 21.5 Å². The van der Waals surface area contributed by atoms with Crippen LogP contribution < -0.4 is 15.8 Å². The van der Waals surface area contributed by atoms with Crippen molar-refractivity contribution in [2.24, 2.45) is 0 Å². The maximum Gasteiger partial charge on any atom is 0.340 e. The summed E-state index contributed by atoms with van der Waals surface area (Å²) in [6.45, 7) is 3.74. The van der Waals surface area contributed by atoms with Crippen molar-refractivity contribution >= 4 is 39.3 Å². The van der Waals surface area contributed by atoms with Gasteiger partial charge in [0.2, 0.25) is 0 Å². The zero-order valence-corrected chi connectivity index (χ0v) is 19.3. The fourth-order valence-electron chi connectivity index (χ4n) is 3.41. The molecule has 2 rings (SSSR count). The van der Waals surface area contributed by atoms with Crippen molar-refractivity contribution in [3.8, 4) is 5.75 Å². The van der Waals surface area contributed by atoms with Crippen LogP contribution in [0.15, 0.2) is 12.1 Å². The smallest absolute Gasteiger partial charge is 0.340 e. The molecule has 0 radical (unpaired) electrons. The van der Waals surface area contributed by atoms with E-state index in [-0.39, 0.29) is 22.5 Å². The van der Waals surface area contributed by atoms with Crippen LogP contribution in [0.2, 0.25) is 5.02 Å². The molecule has 1 aromatic carbocycles. The molecule has 174 valence electrons. The standard InChI is InChI=1S/C19H28ClN3O7S/c1-4-5-18(31(26,27)30-29-12(2)24)23-8-6-13(7-9-23)22-19(25)14-10-15(20)16(21)11-17(14)28-3/h10-11,13,18H,4-9,21H2,1-3H3,(H,22,25). The number of piperidine rings is 1. The van der Waals surface area contributed by atoms with Gasteiger partial charge in [0.05, 0.1) is 23.4 Å². The van der Waals surface area contributed by atoms with Gasteiger partial charge in [-0.1, -0.05) is 29.3 Å². The van der Waals surface area contributed by atoms with Crippen molar-refractivity contribution in [1.29, 1.82) is 0 Å². The minimum atomic E-state index is -4.13. The lowest BCUT2D eigenvalue weighted by Crippen LogP contribution is -2.50. The zero-order valence-electron chi connectivity index (χ0n) is 17.7. The number of amides is 1. The van der Waals surface area contributed by atoms with Gasteiger partial charge < -0.3 is 15.8 Å². The number of rotatable bonds is 9. The van der Waals surface area contributed by atoms with Crippen LogP contribution in [-0.4, -0.2) is 56.8 Å². The number of likely N-dealkylation sites (tertiary alicyclic amines) is 1. The second kappa shape index (κ2) is 11.0. The van der Waals surface area contributed by atoms with Crippen LogP contribution in [-0.2, 0) is 24.1 Å². The number of hydrogen-bond donors (Lipinski definition) is 2. The summed E-state index contributed by atoms with van der Waals surface area (Å²) in [5.41, 5.74) is 6.33. The highest BCUT2D eigenvalue weighted by atomic mass is 35.5. The average Bonchev–Trinajstić information content (AvgIpc) is 2.72. The molecule has 1 saturated heterocycles. The number of halogens is 1. The molecule has 0 spiro atoms. The van der Waals surface area contributed by atoms with Crippen molar-refractivity contribution in [3.05, 3.63) is 22.7 Å². The van der Waals surface area contributed by atoms with Gasteiger partial charge in [-0.2, -0.15) is 8.42 Å². The van der Waals surface area contributed by atoms with Crippen LogP contribution in [0.3, 0.4) is 0 Å². The lowest BCUT2D eigenvalue weighted by molar-refractivity contribution is -0.209. The van der Waals surface area contributed by atoms with Crippen LogP contribution in [0.5, 0.6) is 5.75 Å². The molecule has 1 unspecified atom stereocenters. The third-order valence-electron chi connectivity index (χ3n) is 4.95. The minimum absolute atomic E-state index is 0.163. The number of methoxy groups -OCH3 is 1. The number of carbonyl (C=O) groups excluding carboxylic acids is 2. The molecule has 12 heteroatoms. The predicted molar refractivity (Wildman–Crippen MR) is 115 cm³/mol. The topological polar surface area (TPSA) is 137 Å². The van der Waals surface area contributed by atoms with Crippen LogP contribution >= 0.6 is 11.6 Å². The van der Waals surface area contributed by atoms with Crippen molar-refractivity contribution in [1.82, 2.24) is 10.2 Å². The molecule has 1 fully saturated rings. The van der Waals surface area contributed by atoms with E-state index in [1.165, 1.54) is 19.2 Å². The Morgan fingerprint density at radius 2 is 1.97 bits per heavy atom. The molecule has 0 saturated carbocycles.